The number of amides is 1. The first-order chi connectivity index (χ1) is 9.02. The average molecular weight is 267 g/mol. The number of aliphatic hydroxyl groups excluding tert-OH is 1. The number of aromatic nitrogens is 2. The smallest absolute Gasteiger partial charge is 0.277 e. The number of nitrogens with zero attached hydrogens (tertiary/aromatic N) is 2. The monoisotopic (exact) mass is 267 g/mol. The molecule has 2 N–H and O–H groups in total. The third-order valence-corrected chi connectivity index (χ3v) is 3.12. The van der Waals surface area contributed by atoms with Crippen LogP contribution in [0, 0.1) is 13.8 Å². The van der Waals surface area contributed by atoms with Gasteiger partial charge in [-0.1, -0.05) is 13.3 Å². The number of unbranched alkanes of at least 4 members (excludes halogenated alkanes) is 1. The molecule has 0 aliphatic heterocycles. The van der Waals surface area contributed by atoms with E-state index in [1.54, 1.807) is 13.8 Å². The van der Waals surface area contributed by atoms with Crippen molar-refractivity contribution >= 4 is 5.91 Å². The molecule has 1 amide bonds. The molecule has 19 heavy (non-hydrogen) atoms. The molecule has 6 heteroatoms. The number of nitrogens with one attached hydrogen (secondary N) is 1. The zero-order valence-corrected chi connectivity index (χ0v) is 11.7. The fraction of sp³-hybridized carbons (Fsp3) is 0.615. The van der Waals surface area contributed by atoms with Crippen LogP contribution in [-0.4, -0.2) is 45.8 Å². The van der Waals surface area contributed by atoms with Crippen molar-refractivity contribution in [3.63, 3.8) is 0 Å². The molecule has 0 radical (unpaired) electrons. The molecule has 0 saturated carbocycles. The van der Waals surface area contributed by atoms with Gasteiger partial charge in [0.05, 0.1) is 12.3 Å². The summed E-state index contributed by atoms with van der Waals surface area (Å²) in [4.78, 5) is 25.7. The molecule has 0 fully saturated rings. The van der Waals surface area contributed by atoms with Crippen molar-refractivity contribution < 1.29 is 9.90 Å². The van der Waals surface area contributed by atoms with Gasteiger partial charge in [0, 0.05) is 13.1 Å². The van der Waals surface area contributed by atoms with Crippen molar-refractivity contribution in [1.82, 2.24) is 15.1 Å². The van der Waals surface area contributed by atoms with Crippen LogP contribution in [0.3, 0.4) is 0 Å². The lowest BCUT2D eigenvalue weighted by Gasteiger charge is -2.22. The number of aryl methyl sites for hydroxylation is 1. The maximum Gasteiger partial charge on any atom is 0.277 e. The highest BCUT2D eigenvalue weighted by Crippen LogP contribution is 2.09. The van der Waals surface area contributed by atoms with Crippen LogP contribution < -0.4 is 5.56 Å². The zero-order chi connectivity index (χ0) is 14.4. The van der Waals surface area contributed by atoms with Gasteiger partial charge in [0.2, 0.25) is 0 Å². The van der Waals surface area contributed by atoms with Gasteiger partial charge in [-0.05, 0) is 25.8 Å². The van der Waals surface area contributed by atoms with E-state index in [9.17, 15) is 9.59 Å². The number of hydrogen-bond donors (Lipinski definition) is 2. The molecule has 0 bridgehead atoms. The van der Waals surface area contributed by atoms with Crippen molar-refractivity contribution in [1.29, 1.82) is 0 Å². The average Bonchev–Trinajstić information content (AvgIpc) is 2.39. The summed E-state index contributed by atoms with van der Waals surface area (Å²) < 4.78 is 0. The van der Waals surface area contributed by atoms with Crippen LogP contribution in [0.5, 0.6) is 0 Å². The van der Waals surface area contributed by atoms with E-state index in [2.05, 4.69) is 10.2 Å². The Labute approximate surface area is 112 Å². The highest BCUT2D eigenvalue weighted by Gasteiger charge is 2.21. The van der Waals surface area contributed by atoms with E-state index >= 15 is 0 Å². The number of hydrogen-bond acceptors (Lipinski definition) is 4. The third kappa shape index (κ3) is 3.64. The largest absolute Gasteiger partial charge is 0.395 e. The standard InChI is InChI=1S/C13H21N3O3/c1-4-5-6-16(7-8-17)13(19)11-9(2)10(3)14-15-12(11)18/h17H,4-8H2,1-3H3,(H,15,18). The number of aliphatic hydroxyl groups is 1. The Bertz CT molecular complexity index is 496. The van der Waals surface area contributed by atoms with Gasteiger partial charge in [-0.2, -0.15) is 5.10 Å². The Morgan fingerprint density at radius 3 is 2.63 bits per heavy atom. The second-order valence-corrected chi connectivity index (χ2v) is 4.51. The number of aromatic amines is 1. The first-order valence-corrected chi connectivity index (χ1v) is 6.48. The molecule has 0 aliphatic rings. The number of carbonyl (C=O) groups excluding carboxylic acids is 1. The van der Waals surface area contributed by atoms with Gasteiger partial charge in [0.1, 0.15) is 5.56 Å². The molecule has 106 valence electrons. The highest BCUT2D eigenvalue weighted by atomic mass is 16.3. The summed E-state index contributed by atoms with van der Waals surface area (Å²) in [7, 11) is 0. The van der Waals surface area contributed by atoms with E-state index < -0.39 is 5.56 Å². The van der Waals surface area contributed by atoms with Crippen LogP contribution in [0.15, 0.2) is 4.79 Å². The molecule has 0 spiro atoms. The summed E-state index contributed by atoms with van der Waals surface area (Å²) >= 11 is 0. The zero-order valence-electron chi connectivity index (χ0n) is 11.7. The van der Waals surface area contributed by atoms with E-state index in [0.29, 0.717) is 17.8 Å². The minimum Gasteiger partial charge on any atom is -0.395 e. The van der Waals surface area contributed by atoms with E-state index in [4.69, 9.17) is 5.11 Å². The van der Waals surface area contributed by atoms with Crippen LogP contribution in [0.1, 0.15) is 41.4 Å². The van der Waals surface area contributed by atoms with Crippen LogP contribution in [0.4, 0.5) is 0 Å². The van der Waals surface area contributed by atoms with E-state index in [0.717, 1.165) is 12.8 Å². The lowest BCUT2D eigenvalue weighted by atomic mass is 10.1. The van der Waals surface area contributed by atoms with Crippen LogP contribution in [0.25, 0.3) is 0 Å². The minimum atomic E-state index is -0.479. The van der Waals surface area contributed by atoms with Crippen molar-refractivity contribution in [3.05, 3.63) is 27.2 Å². The molecule has 0 aromatic carbocycles. The lowest BCUT2D eigenvalue weighted by Crippen LogP contribution is -2.38. The maximum absolute atomic E-state index is 12.4. The molecule has 0 unspecified atom stereocenters. The summed E-state index contributed by atoms with van der Waals surface area (Å²) in [6.07, 6.45) is 1.78. The molecule has 0 saturated heterocycles. The van der Waals surface area contributed by atoms with Gasteiger partial charge in [-0.3, -0.25) is 9.59 Å². The first kappa shape index (κ1) is 15.4. The molecule has 6 nitrogen and oxygen atoms in total. The summed E-state index contributed by atoms with van der Waals surface area (Å²) in [5.41, 5.74) is 0.861. The van der Waals surface area contributed by atoms with Gasteiger partial charge in [0.15, 0.2) is 0 Å². The van der Waals surface area contributed by atoms with Gasteiger partial charge >= 0.3 is 0 Å². The van der Waals surface area contributed by atoms with Crippen molar-refractivity contribution in [2.75, 3.05) is 19.7 Å². The topological polar surface area (TPSA) is 86.3 Å². The van der Waals surface area contributed by atoms with Crippen molar-refractivity contribution in [2.24, 2.45) is 0 Å². The molecule has 1 aromatic heterocycles. The number of rotatable bonds is 6. The van der Waals surface area contributed by atoms with Crippen LogP contribution >= 0.6 is 0 Å². The van der Waals surface area contributed by atoms with Gasteiger partial charge in [-0.15, -0.1) is 0 Å². The Kier molecular flexibility index (Phi) is 5.69. The molecule has 0 atom stereocenters. The summed E-state index contributed by atoms with van der Waals surface area (Å²) in [5.74, 6) is -0.341. The van der Waals surface area contributed by atoms with Gasteiger partial charge < -0.3 is 10.0 Å². The lowest BCUT2D eigenvalue weighted by molar-refractivity contribution is 0.0716. The number of H-pyrrole nitrogens is 1. The Balaban J connectivity index is 3.09. The first-order valence-electron chi connectivity index (χ1n) is 6.48. The minimum absolute atomic E-state index is 0.115. The molecule has 0 aliphatic carbocycles. The fourth-order valence-corrected chi connectivity index (χ4v) is 1.83. The van der Waals surface area contributed by atoms with Crippen LogP contribution in [0.2, 0.25) is 0 Å². The van der Waals surface area contributed by atoms with Crippen LogP contribution in [-0.2, 0) is 0 Å². The Morgan fingerprint density at radius 2 is 2.05 bits per heavy atom. The predicted octanol–water partition coefficient (Wildman–Crippen LogP) is 0.621. The second kappa shape index (κ2) is 7.04. The molecule has 1 rings (SSSR count). The fourth-order valence-electron chi connectivity index (χ4n) is 1.83. The van der Waals surface area contributed by atoms with Crippen molar-refractivity contribution in [2.45, 2.75) is 33.6 Å². The Hall–Kier alpha value is -1.69. The van der Waals surface area contributed by atoms with Crippen molar-refractivity contribution in [3.8, 4) is 0 Å². The SMILES string of the molecule is CCCCN(CCO)C(=O)c1c(C)c(C)n[nH]c1=O. The van der Waals surface area contributed by atoms with Gasteiger partial charge in [0.25, 0.3) is 11.5 Å². The van der Waals surface area contributed by atoms with Gasteiger partial charge in [-0.25, -0.2) is 5.10 Å². The maximum atomic E-state index is 12.4. The number of carbonyl (C=O) groups is 1. The molecule has 1 aromatic rings. The molecular formula is C13H21N3O3. The summed E-state index contributed by atoms with van der Waals surface area (Å²) in [6, 6.07) is 0. The summed E-state index contributed by atoms with van der Waals surface area (Å²) in [6.45, 7) is 6.13. The molecule has 1 heterocycles. The summed E-state index contributed by atoms with van der Waals surface area (Å²) in [5, 5.41) is 15.2. The normalized spacial score (nSPS) is 10.5. The van der Waals surface area contributed by atoms with E-state index in [1.807, 2.05) is 6.92 Å². The quantitative estimate of drug-likeness (QED) is 0.791. The van der Waals surface area contributed by atoms with E-state index in [1.165, 1.54) is 4.90 Å². The highest BCUT2D eigenvalue weighted by molar-refractivity contribution is 5.95. The second-order valence-electron chi connectivity index (χ2n) is 4.51. The predicted molar refractivity (Wildman–Crippen MR) is 72.2 cm³/mol. The van der Waals surface area contributed by atoms with E-state index in [-0.39, 0.29) is 24.6 Å². The molecular weight excluding hydrogens is 246 g/mol. The Morgan fingerprint density at radius 1 is 1.37 bits per heavy atom. The third-order valence-electron chi connectivity index (χ3n) is 3.12.